The number of aromatic nitrogens is 8. The number of nitrogens with one attached hydrogen (secondary N) is 2. The average Bonchev–Trinajstić information content (AvgIpc) is 3.80. The molecule has 0 aliphatic carbocycles. The molecule has 12 nitrogen and oxygen atoms in total. The first-order valence-electron chi connectivity index (χ1n) is 17.9. The Morgan fingerprint density at radius 3 is 1.48 bits per heavy atom. The molecule has 0 radical (unpaired) electrons. The third kappa shape index (κ3) is 11.4. The van der Waals surface area contributed by atoms with E-state index in [0.717, 1.165) is 65.7 Å². The van der Waals surface area contributed by atoms with Gasteiger partial charge in [0.25, 0.3) is 0 Å². The van der Waals surface area contributed by atoms with Gasteiger partial charge in [0, 0.05) is 12.4 Å². The van der Waals surface area contributed by atoms with Crippen LogP contribution in [0.1, 0.15) is 68.1 Å². The minimum Gasteiger partial charge on any atom is -0.358 e. The Labute approximate surface area is 358 Å². The van der Waals surface area contributed by atoms with Crippen LogP contribution in [0.5, 0.6) is 0 Å². The highest BCUT2D eigenvalue weighted by atomic mass is 35.5. The van der Waals surface area contributed by atoms with Crippen molar-refractivity contribution >= 4 is 52.4 Å². The van der Waals surface area contributed by atoms with Crippen LogP contribution in [0.15, 0.2) is 49.1 Å². The normalized spacial score (nSPS) is 13.1. The van der Waals surface area contributed by atoms with Gasteiger partial charge in [0.05, 0.1) is 51.6 Å². The van der Waals surface area contributed by atoms with Crippen molar-refractivity contribution in [1.82, 2.24) is 39.2 Å². The van der Waals surface area contributed by atoms with Crippen LogP contribution in [0.2, 0.25) is 10.3 Å². The predicted octanol–water partition coefficient (Wildman–Crippen LogP) is 11.4. The highest BCUT2D eigenvalue weighted by Crippen LogP contribution is 2.44. The van der Waals surface area contributed by atoms with E-state index in [9.17, 15) is 57.5 Å². The molecule has 2 N–H and O–H groups in total. The highest BCUT2D eigenvalue weighted by Gasteiger charge is 2.41. The maximum atomic E-state index is 13.5. The number of nitriles is 1. The number of carbonyl (C=O) groups is 1. The molecule has 26 heteroatoms. The number of hydrogen-bond acceptors (Lipinski definition) is 10. The number of nitrogens with zero attached hydrogens (tertiary/aromatic N) is 9. The summed E-state index contributed by atoms with van der Waals surface area (Å²) >= 11 is 12.1. The SMILES string of the molecule is CC(Nc1c(-c2ncccc2C(F)(F)F)c(Cl)nc2c(C#N)cnn12)C(F)(F)F.CC(Nc1c(-c2ncccc2C(F)(F)F)c(Cl)nc2c(C=O)cnn12)C(F)(F)F.CCC(C)C. The summed E-state index contributed by atoms with van der Waals surface area (Å²) in [6, 6.07) is 0.829. The van der Waals surface area contributed by atoms with E-state index < -0.39 is 92.4 Å². The largest absolute Gasteiger partial charge is 0.418 e. The Morgan fingerprint density at radius 1 is 0.714 bits per heavy atom. The minimum atomic E-state index is -4.87. The van der Waals surface area contributed by atoms with Crippen molar-refractivity contribution in [1.29, 1.82) is 5.26 Å². The van der Waals surface area contributed by atoms with E-state index in [4.69, 9.17) is 28.5 Å². The minimum absolute atomic E-state index is 0.113. The van der Waals surface area contributed by atoms with Crippen LogP contribution in [-0.2, 0) is 12.4 Å². The van der Waals surface area contributed by atoms with Gasteiger partial charge in [-0.05, 0) is 44.0 Å². The van der Waals surface area contributed by atoms with Crippen molar-refractivity contribution in [2.24, 2.45) is 5.92 Å². The Hall–Kier alpha value is -5.96. The van der Waals surface area contributed by atoms with Gasteiger partial charge < -0.3 is 10.6 Å². The number of alkyl halides is 12. The molecule has 0 aliphatic heterocycles. The van der Waals surface area contributed by atoms with Crippen LogP contribution < -0.4 is 10.6 Å². The van der Waals surface area contributed by atoms with Crippen LogP contribution in [0, 0.1) is 17.2 Å². The van der Waals surface area contributed by atoms with E-state index in [1.54, 1.807) is 6.07 Å². The average molecular weight is 945 g/mol. The van der Waals surface area contributed by atoms with Gasteiger partial charge in [-0.25, -0.2) is 9.97 Å². The van der Waals surface area contributed by atoms with E-state index in [2.05, 4.69) is 61.5 Å². The number of rotatable bonds is 8. The van der Waals surface area contributed by atoms with E-state index in [1.165, 1.54) is 6.42 Å². The lowest BCUT2D eigenvalue weighted by atomic mass is 10.1. The van der Waals surface area contributed by atoms with Crippen molar-refractivity contribution < 1.29 is 57.5 Å². The topological polar surface area (TPSA) is 151 Å². The second-order valence-electron chi connectivity index (χ2n) is 13.5. The Balaban J connectivity index is 0.000000250. The van der Waals surface area contributed by atoms with Gasteiger partial charge in [-0.1, -0.05) is 50.4 Å². The molecule has 338 valence electrons. The quantitative estimate of drug-likeness (QED) is 0.0857. The van der Waals surface area contributed by atoms with E-state index in [0.29, 0.717) is 18.4 Å². The first kappa shape index (κ1) is 49.7. The maximum Gasteiger partial charge on any atom is 0.418 e. The molecule has 2 unspecified atom stereocenters. The zero-order chi connectivity index (χ0) is 47.4. The fourth-order valence-corrected chi connectivity index (χ4v) is 5.56. The molecule has 0 amide bonds. The second kappa shape index (κ2) is 19.2. The van der Waals surface area contributed by atoms with Crippen LogP contribution in [0.3, 0.4) is 0 Å². The van der Waals surface area contributed by atoms with Crippen molar-refractivity contribution in [3.8, 4) is 28.6 Å². The number of hydrogen-bond donors (Lipinski definition) is 2. The lowest BCUT2D eigenvalue weighted by Gasteiger charge is -2.22. The predicted molar refractivity (Wildman–Crippen MR) is 206 cm³/mol. The van der Waals surface area contributed by atoms with Crippen LogP contribution in [0.4, 0.5) is 64.3 Å². The van der Waals surface area contributed by atoms with Gasteiger partial charge >= 0.3 is 24.7 Å². The summed E-state index contributed by atoms with van der Waals surface area (Å²) in [5.41, 5.74) is -5.68. The Morgan fingerprint density at radius 2 is 1.11 bits per heavy atom. The van der Waals surface area contributed by atoms with Crippen LogP contribution in [-0.4, -0.2) is 69.9 Å². The van der Waals surface area contributed by atoms with Gasteiger partial charge in [0.15, 0.2) is 17.6 Å². The first-order chi connectivity index (χ1) is 29.2. The van der Waals surface area contributed by atoms with Gasteiger partial charge in [0.2, 0.25) is 0 Å². The second-order valence-corrected chi connectivity index (χ2v) is 14.2. The lowest BCUT2D eigenvalue weighted by Crippen LogP contribution is -2.34. The molecule has 6 aromatic heterocycles. The summed E-state index contributed by atoms with van der Waals surface area (Å²) in [4.78, 5) is 26.2. The van der Waals surface area contributed by atoms with Crippen molar-refractivity contribution in [3.05, 3.63) is 81.6 Å². The number of fused-ring (bicyclic) bond motifs is 2. The van der Waals surface area contributed by atoms with Crippen LogP contribution >= 0.6 is 23.2 Å². The summed E-state index contributed by atoms with van der Waals surface area (Å²) < 4.78 is 161. The zero-order valence-electron chi connectivity index (χ0n) is 32.9. The van der Waals surface area contributed by atoms with Gasteiger partial charge in [-0.15, -0.1) is 0 Å². The van der Waals surface area contributed by atoms with E-state index >= 15 is 0 Å². The highest BCUT2D eigenvalue weighted by molar-refractivity contribution is 6.33. The summed E-state index contributed by atoms with van der Waals surface area (Å²) in [5.74, 6) is -0.187. The Bertz CT molecular complexity index is 2620. The monoisotopic (exact) mass is 943 g/mol. The smallest absolute Gasteiger partial charge is 0.358 e. The molecule has 0 aromatic carbocycles. The Kier molecular flexibility index (Phi) is 15.1. The number of carbonyl (C=O) groups excluding carboxylic acids is 1. The number of anilines is 2. The van der Waals surface area contributed by atoms with E-state index in [-0.39, 0.29) is 22.4 Å². The van der Waals surface area contributed by atoms with Crippen molar-refractivity contribution in [2.45, 2.75) is 77.8 Å². The summed E-state index contributed by atoms with van der Waals surface area (Å²) in [6.45, 7) is 8.17. The fourth-order valence-electron chi connectivity index (χ4n) is 5.04. The molecule has 0 aliphatic rings. The summed E-state index contributed by atoms with van der Waals surface area (Å²) in [6.07, 6.45) is -13.5. The molecule has 0 bridgehead atoms. The zero-order valence-corrected chi connectivity index (χ0v) is 34.4. The standard InChI is InChI=1S/C16H9ClF6N6.C16H10ClF6N5O.C5H12/c1-7(15(18,19)20)27-14-10(11-9(16(21,22)23)3-2-4-25-11)12(17)28-13-8(5-24)6-26-29(13)14;1-7(15(18,19)20)26-14-10(11-9(16(21,22)23)3-2-4-24-11)12(17)27-13-8(6-29)5-25-28(13)14;1-4-5(2)3/h2-4,6-7,27H,1H3;2-7,26H,1H3;5H,4H2,1-3H3. The molecule has 0 saturated carbocycles. The van der Waals surface area contributed by atoms with Gasteiger partial charge in [0.1, 0.15) is 45.7 Å². The molecule has 0 fully saturated rings. The summed E-state index contributed by atoms with van der Waals surface area (Å²) in [7, 11) is 0. The fraction of sp³-hybridized carbons (Fsp3) is 0.351. The molecule has 6 aromatic rings. The molecule has 6 rings (SSSR count). The third-order valence-corrected chi connectivity index (χ3v) is 9.23. The first-order valence-corrected chi connectivity index (χ1v) is 18.6. The van der Waals surface area contributed by atoms with Crippen molar-refractivity contribution in [3.63, 3.8) is 0 Å². The van der Waals surface area contributed by atoms with Gasteiger partial charge in [-0.2, -0.15) is 77.2 Å². The van der Waals surface area contributed by atoms with E-state index in [1.807, 2.05) is 0 Å². The molecule has 63 heavy (non-hydrogen) atoms. The van der Waals surface area contributed by atoms with Gasteiger partial charge in [-0.3, -0.25) is 14.8 Å². The molecule has 2 atom stereocenters. The molecular weight excluding hydrogens is 913 g/mol. The molecule has 0 spiro atoms. The third-order valence-electron chi connectivity index (χ3n) is 8.69. The summed E-state index contributed by atoms with van der Waals surface area (Å²) in [5, 5.41) is 19.7. The molecular formula is C37H31Cl2F12N11O. The van der Waals surface area contributed by atoms with Crippen LogP contribution in [0.25, 0.3) is 33.8 Å². The number of halogens is 14. The molecule has 6 heterocycles. The maximum absolute atomic E-state index is 13.5. The number of aldehydes is 1. The number of pyridine rings is 2. The lowest BCUT2D eigenvalue weighted by molar-refractivity contribution is -0.139. The molecule has 0 saturated heterocycles. The van der Waals surface area contributed by atoms with Crippen molar-refractivity contribution in [2.75, 3.05) is 10.6 Å².